The number of aromatic nitrogens is 2. The molecule has 1 aromatic carbocycles. The molecule has 0 aliphatic heterocycles. The molecule has 17 heavy (non-hydrogen) atoms. The molecule has 6 heteroatoms. The van der Waals surface area contributed by atoms with E-state index in [9.17, 15) is 14.0 Å². The zero-order valence-corrected chi connectivity index (χ0v) is 9.53. The van der Waals surface area contributed by atoms with Crippen LogP contribution in [0.3, 0.4) is 0 Å². The third kappa shape index (κ3) is 1.76. The Balaban J connectivity index is 2.95. The van der Waals surface area contributed by atoms with Gasteiger partial charge in [0, 0.05) is 7.05 Å². The SMILES string of the molecule is CNCn1c(=O)c2ccc(F)cc2n(C)c1=O. The van der Waals surface area contributed by atoms with E-state index in [1.165, 1.54) is 29.8 Å². The van der Waals surface area contributed by atoms with Gasteiger partial charge in [-0.3, -0.25) is 9.36 Å². The highest BCUT2D eigenvalue weighted by Gasteiger charge is 2.10. The predicted molar refractivity (Wildman–Crippen MR) is 62.5 cm³/mol. The highest BCUT2D eigenvalue weighted by molar-refractivity contribution is 5.77. The summed E-state index contributed by atoms with van der Waals surface area (Å²) in [4.78, 5) is 23.9. The number of halogens is 1. The van der Waals surface area contributed by atoms with E-state index >= 15 is 0 Å². The van der Waals surface area contributed by atoms with Crippen LogP contribution in [-0.4, -0.2) is 16.2 Å². The van der Waals surface area contributed by atoms with Gasteiger partial charge in [-0.1, -0.05) is 0 Å². The first-order valence-corrected chi connectivity index (χ1v) is 5.10. The number of hydrogen-bond acceptors (Lipinski definition) is 3. The fraction of sp³-hybridized carbons (Fsp3) is 0.273. The Morgan fingerprint density at radius 3 is 2.71 bits per heavy atom. The Morgan fingerprint density at radius 1 is 1.35 bits per heavy atom. The number of aryl methyl sites for hydroxylation is 1. The third-order valence-electron chi connectivity index (χ3n) is 2.63. The maximum atomic E-state index is 13.1. The van der Waals surface area contributed by atoms with Gasteiger partial charge >= 0.3 is 5.69 Å². The van der Waals surface area contributed by atoms with E-state index in [2.05, 4.69) is 5.32 Å². The van der Waals surface area contributed by atoms with Crippen LogP contribution in [0.5, 0.6) is 0 Å². The second kappa shape index (κ2) is 4.14. The lowest BCUT2D eigenvalue weighted by atomic mass is 10.2. The molecule has 0 atom stereocenters. The monoisotopic (exact) mass is 237 g/mol. The second-order valence-corrected chi connectivity index (χ2v) is 3.75. The van der Waals surface area contributed by atoms with Crippen LogP contribution in [0.2, 0.25) is 0 Å². The standard InChI is InChI=1S/C11H12FN3O2/c1-13-6-15-10(16)8-4-3-7(12)5-9(8)14(2)11(15)17/h3-5,13H,6H2,1-2H3. The molecule has 5 nitrogen and oxygen atoms in total. The zero-order valence-electron chi connectivity index (χ0n) is 9.53. The average Bonchev–Trinajstić information content (AvgIpc) is 2.32. The minimum Gasteiger partial charge on any atom is -0.302 e. The van der Waals surface area contributed by atoms with Crippen molar-refractivity contribution in [3.63, 3.8) is 0 Å². The van der Waals surface area contributed by atoms with Crippen molar-refractivity contribution in [3.05, 3.63) is 44.9 Å². The predicted octanol–water partition coefficient (Wildman–Crippen LogP) is 0.0162. The van der Waals surface area contributed by atoms with Crippen LogP contribution in [0.4, 0.5) is 4.39 Å². The maximum absolute atomic E-state index is 13.1. The minimum atomic E-state index is -0.474. The molecule has 0 saturated heterocycles. The van der Waals surface area contributed by atoms with Gasteiger partial charge in [0.2, 0.25) is 0 Å². The Kier molecular flexibility index (Phi) is 2.81. The molecule has 0 unspecified atom stereocenters. The van der Waals surface area contributed by atoms with E-state index in [1.807, 2.05) is 0 Å². The molecule has 1 N–H and O–H groups in total. The molecule has 0 fully saturated rings. The van der Waals surface area contributed by atoms with Crippen molar-refractivity contribution in [2.24, 2.45) is 7.05 Å². The van der Waals surface area contributed by atoms with Gasteiger partial charge in [0.1, 0.15) is 5.82 Å². The molecule has 90 valence electrons. The van der Waals surface area contributed by atoms with Gasteiger partial charge in [-0.25, -0.2) is 13.8 Å². The second-order valence-electron chi connectivity index (χ2n) is 3.75. The normalized spacial score (nSPS) is 11.0. The van der Waals surface area contributed by atoms with Gasteiger partial charge in [0.25, 0.3) is 5.56 Å². The summed E-state index contributed by atoms with van der Waals surface area (Å²) >= 11 is 0. The van der Waals surface area contributed by atoms with Gasteiger partial charge in [-0.2, -0.15) is 0 Å². The number of rotatable bonds is 2. The van der Waals surface area contributed by atoms with Crippen LogP contribution in [0.25, 0.3) is 10.9 Å². The van der Waals surface area contributed by atoms with E-state index in [1.54, 1.807) is 7.05 Å². The number of benzene rings is 1. The topological polar surface area (TPSA) is 56.0 Å². The fourth-order valence-electron chi connectivity index (χ4n) is 1.78. The van der Waals surface area contributed by atoms with E-state index in [4.69, 9.17) is 0 Å². The van der Waals surface area contributed by atoms with Gasteiger partial charge in [0.05, 0.1) is 17.6 Å². The Morgan fingerprint density at radius 2 is 2.06 bits per heavy atom. The largest absolute Gasteiger partial charge is 0.332 e. The number of nitrogens with zero attached hydrogens (tertiary/aromatic N) is 2. The average molecular weight is 237 g/mol. The lowest BCUT2D eigenvalue weighted by molar-refractivity contribution is 0.552. The maximum Gasteiger partial charge on any atom is 0.332 e. The van der Waals surface area contributed by atoms with E-state index in [0.29, 0.717) is 10.9 Å². The van der Waals surface area contributed by atoms with Crippen LogP contribution >= 0.6 is 0 Å². The van der Waals surface area contributed by atoms with Gasteiger partial charge in [-0.05, 0) is 25.2 Å². The van der Waals surface area contributed by atoms with Crippen molar-refractivity contribution < 1.29 is 4.39 Å². The molecule has 0 spiro atoms. The summed E-state index contributed by atoms with van der Waals surface area (Å²) in [5, 5.41) is 3.07. The van der Waals surface area contributed by atoms with Crippen molar-refractivity contribution in [3.8, 4) is 0 Å². The molecule has 2 aromatic rings. The minimum absolute atomic E-state index is 0.124. The Bertz CT molecular complexity index is 687. The molecule has 1 heterocycles. The van der Waals surface area contributed by atoms with Crippen LogP contribution in [-0.2, 0) is 13.7 Å². The summed E-state index contributed by atoms with van der Waals surface area (Å²) in [5.41, 5.74) is -0.591. The summed E-state index contributed by atoms with van der Waals surface area (Å²) in [7, 11) is 3.15. The molecular weight excluding hydrogens is 225 g/mol. The molecule has 2 rings (SSSR count). The van der Waals surface area contributed by atoms with E-state index in [-0.39, 0.29) is 6.67 Å². The van der Waals surface area contributed by atoms with Gasteiger partial charge < -0.3 is 5.32 Å². The summed E-state index contributed by atoms with van der Waals surface area (Å²) in [5.74, 6) is -0.474. The fourth-order valence-corrected chi connectivity index (χ4v) is 1.78. The van der Waals surface area contributed by atoms with Crippen LogP contribution < -0.4 is 16.6 Å². The molecule has 0 bridgehead atoms. The highest BCUT2D eigenvalue weighted by Crippen LogP contribution is 2.09. The third-order valence-corrected chi connectivity index (χ3v) is 2.63. The summed E-state index contributed by atoms with van der Waals surface area (Å²) < 4.78 is 15.4. The molecule has 0 saturated carbocycles. The van der Waals surface area contributed by atoms with E-state index < -0.39 is 17.1 Å². The van der Waals surface area contributed by atoms with E-state index in [0.717, 1.165) is 4.57 Å². The number of hydrogen-bond donors (Lipinski definition) is 1. The van der Waals surface area contributed by atoms with Crippen LogP contribution in [0.1, 0.15) is 0 Å². The molecule has 0 radical (unpaired) electrons. The number of fused-ring (bicyclic) bond motifs is 1. The summed E-state index contributed by atoms with van der Waals surface area (Å²) in [6.07, 6.45) is 0. The molecule has 1 aromatic heterocycles. The van der Waals surface area contributed by atoms with Gasteiger partial charge in [-0.15, -0.1) is 0 Å². The van der Waals surface area contributed by atoms with Crippen LogP contribution in [0, 0.1) is 5.82 Å². The summed E-state index contributed by atoms with van der Waals surface area (Å²) in [6.45, 7) is 0.124. The molecular formula is C11H12FN3O2. The molecule has 0 amide bonds. The highest BCUT2D eigenvalue weighted by atomic mass is 19.1. The van der Waals surface area contributed by atoms with Crippen LogP contribution in [0.15, 0.2) is 27.8 Å². The van der Waals surface area contributed by atoms with Crippen molar-refractivity contribution in [1.29, 1.82) is 0 Å². The first-order valence-electron chi connectivity index (χ1n) is 5.10. The van der Waals surface area contributed by atoms with Crippen molar-refractivity contribution in [1.82, 2.24) is 14.5 Å². The number of nitrogens with one attached hydrogen (secondary N) is 1. The Hall–Kier alpha value is -1.95. The van der Waals surface area contributed by atoms with Gasteiger partial charge in [0.15, 0.2) is 0 Å². The molecule has 0 aliphatic carbocycles. The van der Waals surface area contributed by atoms with Crippen molar-refractivity contribution in [2.75, 3.05) is 7.05 Å². The molecule has 0 aliphatic rings. The first-order chi connectivity index (χ1) is 8.06. The Labute approximate surface area is 96.1 Å². The zero-order chi connectivity index (χ0) is 12.6. The van der Waals surface area contributed by atoms with Crippen molar-refractivity contribution in [2.45, 2.75) is 6.67 Å². The van der Waals surface area contributed by atoms with Crippen molar-refractivity contribution >= 4 is 10.9 Å². The quantitative estimate of drug-likeness (QED) is 0.801. The lowest BCUT2D eigenvalue weighted by Gasteiger charge is -2.09. The lowest BCUT2D eigenvalue weighted by Crippen LogP contribution is -2.41. The first kappa shape index (κ1) is 11.5. The summed E-state index contributed by atoms with van der Waals surface area (Å²) in [6, 6.07) is 3.78. The smallest absolute Gasteiger partial charge is 0.302 e.